The number of carbonyl (C=O) groups is 1. The predicted octanol–water partition coefficient (Wildman–Crippen LogP) is 4.88. The molecule has 1 amide bonds. The Morgan fingerprint density at radius 2 is 2.37 bits per heavy atom. The summed E-state index contributed by atoms with van der Waals surface area (Å²) in [6.07, 6.45) is 2.55. The second-order valence-corrected chi connectivity index (χ2v) is 9.40. The van der Waals surface area contributed by atoms with Crippen molar-refractivity contribution in [2.75, 3.05) is 6.61 Å². The molecule has 8 heteroatoms. The fourth-order valence-corrected chi connectivity index (χ4v) is 5.79. The summed E-state index contributed by atoms with van der Waals surface area (Å²) in [4.78, 5) is 20.2. The fraction of sp³-hybridized carbons (Fsp3) is 0.421. The molecule has 1 aromatic heterocycles. The standard InChI is InChI=1S/C19H20ClN3O2S2/c1-12(24)23-15(10-25-19(23,2)3)7-17(18-9-22-11-26-18)27-16-6-14(20)5-4-13(16)8-21/h4-6,9,11,15,17H,7,10H2,1-3H3/t15?,17-/m1/s1. The largest absolute Gasteiger partial charge is 0.354 e. The molecule has 5 nitrogen and oxygen atoms in total. The lowest BCUT2D eigenvalue weighted by Gasteiger charge is -2.34. The van der Waals surface area contributed by atoms with E-state index >= 15 is 0 Å². The van der Waals surface area contributed by atoms with Gasteiger partial charge >= 0.3 is 0 Å². The van der Waals surface area contributed by atoms with Crippen LogP contribution in [0, 0.1) is 11.3 Å². The monoisotopic (exact) mass is 421 g/mol. The number of nitriles is 1. The van der Waals surface area contributed by atoms with Crippen LogP contribution in [0.5, 0.6) is 0 Å². The maximum atomic E-state index is 12.2. The molecule has 0 radical (unpaired) electrons. The van der Waals surface area contributed by atoms with Crippen molar-refractivity contribution < 1.29 is 9.53 Å². The van der Waals surface area contributed by atoms with Gasteiger partial charge in [-0.2, -0.15) is 5.26 Å². The molecule has 1 fully saturated rings. The van der Waals surface area contributed by atoms with Gasteiger partial charge in [-0.25, -0.2) is 0 Å². The highest BCUT2D eigenvalue weighted by molar-refractivity contribution is 7.99. The van der Waals surface area contributed by atoms with E-state index in [2.05, 4.69) is 11.1 Å². The molecule has 2 aromatic rings. The van der Waals surface area contributed by atoms with E-state index in [0.29, 0.717) is 23.6 Å². The Morgan fingerprint density at radius 1 is 1.59 bits per heavy atom. The van der Waals surface area contributed by atoms with Crippen LogP contribution < -0.4 is 0 Å². The van der Waals surface area contributed by atoms with Gasteiger partial charge in [-0.1, -0.05) is 11.6 Å². The highest BCUT2D eigenvalue weighted by atomic mass is 35.5. The van der Waals surface area contributed by atoms with Crippen LogP contribution in [-0.2, 0) is 9.53 Å². The summed E-state index contributed by atoms with van der Waals surface area (Å²) in [5.74, 6) is -0.00368. The maximum Gasteiger partial charge on any atom is 0.222 e. The molecule has 0 aliphatic carbocycles. The second kappa shape index (κ2) is 8.19. The van der Waals surface area contributed by atoms with Gasteiger partial charge in [0, 0.05) is 33.2 Å². The predicted molar refractivity (Wildman–Crippen MR) is 108 cm³/mol. The van der Waals surface area contributed by atoms with Crippen LogP contribution in [0.2, 0.25) is 5.02 Å². The molecule has 27 heavy (non-hydrogen) atoms. The molecule has 0 bridgehead atoms. The van der Waals surface area contributed by atoms with E-state index < -0.39 is 5.72 Å². The van der Waals surface area contributed by atoms with Crippen LogP contribution in [0.25, 0.3) is 0 Å². The minimum Gasteiger partial charge on any atom is -0.354 e. The molecular weight excluding hydrogens is 402 g/mol. The van der Waals surface area contributed by atoms with Crippen LogP contribution in [0.4, 0.5) is 0 Å². The zero-order valence-electron chi connectivity index (χ0n) is 15.3. The van der Waals surface area contributed by atoms with E-state index in [1.807, 2.05) is 31.0 Å². The smallest absolute Gasteiger partial charge is 0.222 e. The van der Waals surface area contributed by atoms with Gasteiger partial charge in [-0.05, 0) is 38.5 Å². The van der Waals surface area contributed by atoms with Crippen molar-refractivity contribution in [2.45, 2.75) is 49.1 Å². The van der Waals surface area contributed by atoms with Crippen molar-refractivity contribution in [3.63, 3.8) is 0 Å². The van der Waals surface area contributed by atoms with Crippen LogP contribution >= 0.6 is 34.7 Å². The van der Waals surface area contributed by atoms with Crippen LogP contribution in [-0.4, -0.2) is 34.2 Å². The van der Waals surface area contributed by atoms with Gasteiger partial charge in [0.15, 0.2) is 0 Å². The molecule has 3 rings (SSSR count). The molecule has 1 saturated heterocycles. The molecule has 1 aliphatic heterocycles. The number of thioether (sulfide) groups is 1. The number of ether oxygens (including phenoxy) is 1. The van der Waals surface area contributed by atoms with Gasteiger partial charge in [0.05, 0.1) is 23.7 Å². The number of halogens is 1. The van der Waals surface area contributed by atoms with E-state index in [9.17, 15) is 10.1 Å². The first-order valence-corrected chi connectivity index (χ1v) is 10.6. The van der Waals surface area contributed by atoms with Gasteiger partial charge in [0.25, 0.3) is 0 Å². The van der Waals surface area contributed by atoms with Crippen LogP contribution in [0.3, 0.4) is 0 Å². The third-order valence-electron chi connectivity index (χ3n) is 4.50. The Hall–Kier alpha value is -1.59. The summed E-state index contributed by atoms with van der Waals surface area (Å²) in [6.45, 7) is 5.88. The van der Waals surface area contributed by atoms with Gasteiger partial charge in [-0.15, -0.1) is 23.1 Å². The molecule has 1 aliphatic rings. The zero-order chi connectivity index (χ0) is 19.6. The summed E-state index contributed by atoms with van der Waals surface area (Å²) in [7, 11) is 0. The fourth-order valence-electron chi connectivity index (χ4n) is 3.39. The van der Waals surface area contributed by atoms with Crippen molar-refractivity contribution in [1.82, 2.24) is 9.88 Å². The lowest BCUT2D eigenvalue weighted by atomic mass is 10.1. The Morgan fingerprint density at radius 3 is 3.00 bits per heavy atom. The average molecular weight is 422 g/mol. The number of nitrogens with zero attached hydrogens (tertiary/aromatic N) is 3. The highest BCUT2D eigenvalue weighted by Gasteiger charge is 2.43. The van der Waals surface area contributed by atoms with Gasteiger partial charge in [0.2, 0.25) is 5.91 Å². The number of hydrogen-bond acceptors (Lipinski definition) is 6. The van der Waals surface area contributed by atoms with Crippen molar-refractivity contribution >= 4 is 40.6 Å². The maximum absolute atomic E-state index is 12.2. The molecule has 142 valence electrons. The van der Waals surface area contributed by atoms with E-state index in [4.69, 9.17) is 16.3 Å². The van der Waals surface area contributed by atoms with Crippen molar-refractivity contribution in [1.29, 1.82) is 5.26 Å². The summed E-state index contributed by atoms with van der Waals surface area (Å²) >= 11 is 9.30. The molecule has 1 aromatic carbocycles. The first-order chi connectivity index (χ1) is 12.8. The van der Waals surface area contributed by atoms with Crippen molar-refractivity contribution in [3.05, 3.63) is 45.4 Å². The third kappa shape index (κ3) is 4.46. The third-order valence-corrected chi connectivity index (χ3v) is 7.10. The summed E-state index contributed by atoms with van der Waals surface area (Å²) < 4.78 is 5.87. The van der Waals surface area contributed by atoms with Crippen molar-refractivity contribution in [3.8, 4) is 6.07 Å². The normalized spacial score (nSPS) is 19.7. The molecule has 0 spiro atoms. The van der Waals surface area contributed by atoms with E-state index in [0.717, 1.165) is 9.77 Å². The topological polar surface area (TPSA) is 66.2 Å². The van der Waals surface area contributed by atoms with Crippen LogP contribution in [0.15, 0.2) is 34.8 Å². The molecule has 0 N–H and O–H groups in total. The minimum absolute atomic E-state index is 0.00368. The SMILES string of the molecule is CC(=O)N1C(C[C@@H](Sc2cc(Cl)ccc2C#N)c2cncs2)COC1(C)C. The first-order valence-electron chi connectivity index (χ1n) is 8.50. The molecule has 2 heterocycles. The number of rotatable bonds is 5. The number of carbonyl (C=O) groups excluding carboxylic acids is 1. The summed E-state index contributed by atoms with van der Waals surface area (Å²) in [6, 6.07) is 7.46. The van der Waals surface area contributed by atoms with Gasteiger partial charge < -0.3 is 9.64 Å². The molecular formula is C19H20ClN3O2S2. The Balaban J connectivity index is 1.89. The van der Waals surface area contributed by atoms with E-state index in [1.54, 1.807) is 47.7 Å². The lowest BCUT2D eigenvalue weighted by molar-refractivity contribution is -0.143. The zero-order valence-corrected chi connectivity index (χ0v) is 17.7. The molecule has 2 atom stereocenters. The van der Waals surface area contributed by atoms with Crippen molar-refractivity contribution in [2.24, 2.45) is 0 Å². The first kappa shape index (κ1) is 20.2. The van der Waals surface area contributed by atoms with Gasteiger partial charge in [-0.3, -0.25) is 9.78 Å². The number of hydrogen-bond donors (Lipinski definition) is 0. The van der Waals surface area contributed by atoms with E-state index in [-0.39, 0.29) is 17.2 Å². The number of thiazole rings is 1. The number of amides is 1. The quantitative estimate of drug-likeness (QED) is 0.644. The Bertz CT molecular complexity index is 864. The average Bonchev–Trinajstić information content (AvgIpc) is 3.22. The Kier molecular flexibility index (Phi) is 6.11. The van der Waals surface area contributed by atoms with E-state index in [1.165, 1.54) is 0 Å². The second-order valence-electron chi connectivity index (χ2n) is 6.80. The highest BCUT2D eigenvalue weighted by Crippen LogP contribution is 2.44. The summed E-state index contributed by atoms with van der Waals surface area (Å²) in [5, 5.41) is 10.1. The Labute approximate surface area is 172 Å². The van der Waals surface area contributed by atoms with Gasteiger partial charge in [0.1, 0.15) is 11.8 Å². The number of aromatic nitrogens is 1. The minimum atomic E-state index is -0.618. The molecule has 1 unspecified atom stereocenters. The number of benzene rings is 1. The van der Waals surface area contributed by atoms with Crippen LogP contribution in [0.1, 0.15) is 42.9 Å². The lowest BCUT2D eigenvalue weighted by Crippen LogP contribution is -2.47. The summed E-state index contributed by atoms with van der Waals surface area (Å²) in [5.41, 5.74) is 1.77. The molecule has 0 saturated carbocycles.